The number of nitrogens with zero attached hydrogens (tertiary/aromatic N) is 1. The van der Waals surface area contributed by atoms with Crippen LogP contribution in [0.3, 0.4) is 0 Å². The highest BCUT2D eigenvalue weighted by molar-refractivity contribution is 5.89. The van der Waals surface area contributed by atoms with E-state index in [2.05, 4.69) is 5.32 Å². The van der Waals surface area contributed by atoms with Crippen molar-refractivity contribution in [3.8, 4) is 0 Å². The number of hydrogen-bond acceptors (Lipinski definition) is 1. The average Bonchev–Trinajstić information content (AvgIpc) is 2.50. The second-order valence-electron chi connectivity index (χ2n) is 6.43. The molecule has 0 bridgehead atoms. The van der Waals surface area contributed by atoms with E-state index in [0.717, 1.165) is 25.4 Å². The van der Waals surface area contributed by atoms with Gasteiger partial charge >= 0.3 is 6.03 Å². The summed E-state index contributed by atoms with van der Waals surface area (Å²) in [6.45, 7) is 3.39. The van der Waals surface area contributed by atoms with Gasteiger partial charge in [-0.3, -0.25) is 0 Å². The summed E-state index contributed by atoms with van der Waals surface area (Å²) < 4.78 is 13.5. The fourth-order valence-electron chi connectivity index (χ4n) is 3.66. The first-order chi connectivity index (χ1) is 10.1. The Bertz CT molecular complexity index is 532. The highest BCUT2D eigenvalue weighted by Crippen LogP contribution is 2.36. The van der Waals surface area contributed by atoms with E-state index in [4.69, 9.17) is 0 Å². The summed E-state index contributed by atoms with van der Waals surface area (Å²) in [4.78, 5) is 14.2. The van der Waals surface area contributed by atoms with Crippen LogP contribution in [0.1, 0.15) is 37.7 Å². The van der Waals surface area contributed by atoms with E-state index in [1.165, 1.54) is 31.7 Å². The molecule has 2 fully saturated rings. The number of aryl methyl sites for hydroxylation is 1. The van der Waals surface area contributed by atoms with Crippen LogP contribution in [-0.2, 0) is 0 Å². The number of benzene rings is 1. The lowest BCUT2D eigenvalue weighted by atomic mass is 9.75. The van der Waals surface area contributed by atoms with Gasteiger partial charge in [-0.15, -0.1) is 0 Å². The van der Waals surface area contributed by atoms with E-state index in [0.29, 0.717) is 17.2 Å². The molecule has 1 aromatic rings. The van der Waals surface area contributed by atoms with Crippen LogP contribution in [0.2, 0.25) is 0 Å². The smallest absolute Gasteiger partial charge is 0.321 e. The zero-order chi connectivity index (χ0) is 14.8. The predicted octanol–water partition coefficient (Wildman–Crippen LogP) is 4.18. The van der Waals surface area contributed by atoms with Gasteiger partial charge in [-0.05, 0) is 49.3 Å². The molecular formula is C17H23FN2O. The minimum atomic E-state index is -0.279. The van der Waals surface area contributed by atoms with Crippen molar-refractivity contribution in [2.24, 2.45) is 11.8 Å². The molecule has 1 heterocycles. The second-order valence-corrected chi connectivity index (χ2v) is 6.43. The monoisotopic (exact) mass is 290 g/mol. The van der Waals surface area contributed by atoms with Crippen LogP contribution in [0.5, 0.6) is 0 Å². The van der Waals surface area contributed by atoms with E-state index in [-0.39, 0.29) is 11.8 Å². The van der Waals surface area contributed by atoms with Crippen molar-refractivity contribution in [1.82, 2.24) is 4.90 Å². The first-order valence-corrected chi connectivity index (χ1v) is 7.95. The first-order valence-electron chi connectivity index (χ1n) is 7.95. The number of amides is 2. The van der Waals surface area contributed by atoms with Gasteiger partial charge in [0.15, 0.2) is 0 Å². The molecule has 1 saturated heterocycles. The molecule has 0 radical (unpaired) electrons. The number of fused-ring (bicyclic) bond motifs is 1. The summed E-state index contributed by atoms with van der Waals surface area (Å²) >= 11 is 0. The summed E-state index contributed by atoms with van der Waals surface area (Å²) in [6.07, 6.45) is 6.31. The van der Waals surface area contributed by atoms with Crippen molar-refractivity contribution >= 4 is 11.7 Å². The van der Waals surface area contributed by atoms with Crippen molar-refractivity contribution in [3.63, 3.8) is 0 Å². The molecule has 0 spiro atoms. The van der Waals surface area contributed by atoms with Gasteiger partial charge < -0.3 is 10.2 Å². The third-order valence-electron chi connectivity index (χ3n) is 5.00. The maximum absolute atomic E-state index is 13.5. The van der Waals surface area contributed by atoms with Crippen LogP contribution in [-0.4, -0.2) is 24.0 Å². The summed E-state index contributed by atoms with van der Waals surface area (Å²) in [5.74, 6) is 1.19. The van der Waals surface area contributed by atoms with Crippen LogP contribution in [0.25, 0.3) is 0 Å². The summed E-state index contributed by atoms with van der Waals surface area (Å²) in [5, 5.41) is 2.82. The Hall–Kier alpha value is -1.58. The van der Waals surface area contributed by atoms with E-state index in [1.807, 2.05) is 4.90 Å². The molecule has 1 aliphatic carbocycles. The van der Waals surface area contributed by atoms with Crippen LogP contribution >= 0.6 is 0 Å². The lowest BCUT2D eigenvalue weighted by Gasteiger charge is -2.41. The Kier molecular flexibility index (Phi) is 4.13. The minimum absolute atomic E-state index is 0.0951. The largest absolute Gasteiger partial charge is 0.324 e. The third-order valence-corrected chi connectivity index (χ3v) is 5.00. The number of piperidine rings is 1. The molecule has 21 heavy (non-hydrogen) atoms. The maximum atomic E-state index is 13.5. The van der Waals surface area contributed by atoms with Gasteiger partial charge in [0, 0.05) is 18.8 Å². The third kappa shape index (κ3) is 3.20. The molecule has 1 saturated carbocycles. The first kappa shape index (κ1) is 14.4. The number of rotatable bonds is 1. The van der Waals surface area contributed by atoms with Crippen LogP contribution < -0.4 is 5.32 Å². The molecule has 2 amide bonds. The van der Waals surface area contributed by atoms with Crippen molar-refractivity contribution in [2.45, 2.75) is 39.0 Å². The lowest BCUT2D eigenvalue weighted by molar-refractivity contribution is 0.108. The van der Waals surface area contributed by atoms with Gasteiger partial charge in [0.05, 0.1) is 0 Å². The number of halogens is 1. The van der Waals surface area contributed by atoms with E-state index < -0.39 is 0 Å². The molecule has 3 nitrogen and oxygen atoms in total. The Morgan fingerprint density at radius 2 is 2.00 bits per heavy atom. The number of urea groups is 1. The maximum Gasteiger partial charge on any atom is 0.321 e. The Morgan fingerprint density at radius 1 is 1.24 bits per heavy atom. The molecule has 1 aromatic carbocycles. The van der Waals surface area contributed by atoms with Gasteiger partial charge in [0.2, 0.25) is 0 Å². The lowest BCUT2D eigenvalue weighted by Crippen LogP contribution is -2.46. The normalized spacial score (nSPS) is 25.3. The molecule has 1 aliphatic heterocycles. The Morgan fingerprint density at radius 3 is 2.76 bits per heavy atom. The molecule has 2 unspecified atom stereocenters. The molecule has 1 N–H and O–H groups in total. The van der Waals surface area contributed by atoms with Gasteiger partial charge in [-0.1, -0.05) is 25.3 Å². The fourth-order valence-corrected chi connectivity index (χ4v) is 3.66. The number of carbonyl (C=O) groups excluding carboxylic acids is 1. The van der Waals surface area contributed by atoms with Crippen molar-refractivity contribution < 1.29 is 9.18 Å². The predicted molar refractivity (Wildman–Crippen MR) is 81.8 cm³/mol. The van der Waals surface area contributed by atoms with Gasteiger partial charge in [-0.25, -0.2) is 9.18 Å². The standard InChI is InChI=1S/C17H23FN2O/c1-12-6-7-15(10-16(12)18)19-17(21)20-9-8-13-4-2-3-5-14(13)11-20/h6-7,10,13-14H,2-5,8-9,11H2,1H3,(H,19,21). The molecule has 114 valence electrons. The highest BCUT2D eigenvalue weighted by atomic mass is 19.1. The van der Waals surface area contributed by atoms with Crippen molar-refractivity contribution in [2.75, 3.05) is 18.4 Å². The molecule has 3 rings (SSSR count). The summed E-state index contributed by atoms with van der Waals surface area (Å²) in [6, 6.07) is 4.74. The quantitative estimate of drug-likeness (QED) is 0.827. The Labute approximate surface area is 125 Å². The zero-order valence-corrected chi connectivity index (χ0v) is 12.6. The van der Waals surface area contributed by atoms with Crippen LogP contribution in [0.4, 0.5) is 14.9 Å². The van der Waals surface area contributed by atoms with E-state index in [1.54, 1.807) is 19.1 Å². The summed E-state index contributed by atoms with van der Waals surface area (Å²) in [5.41, 5.74) is 1.13. The fraction of sp³-hybridized carbons (Fsp3) is 0.588. The van der Waals surface area contributed by atoms with Crippen molar-refractivity contribution in [1.29, 1.82) is 0 Å². The molecule has 2 atom stereocenters. The number of likely N-dealkylation sites (tertiary alicyclic amines) is 1. The second kappa shape index (κ2) is 6.04. The topological polar surface area (TPSA) is 32.3 Å². The number of hydrogen-bond donors (Lipinski definition) is 1. The van der Waals surface area contributed by atoms with Gasteiger partial charge in [0.25, 0.3) is 0 Å². The molecule has 0 aromatic heterocycles. The SMILES string of the molecule is Cc1ccc(NC(=O)N2CCC3CCCCC3C2)cc1F. The van der Waals surface area contributed by atoms with E-state index in [9.17, 15) is 9.18 Å². The number of nitrogens with one attached hydrogen (secondary N) is 1. The summed E-state index contributed by atoms with van der Waals surface area (Å²) in [7, 11) is 0. The zero-order valence-electron chi connectivity index (χ0n) is 12.6. The Balaban J connectivity index is 1.61. The average molecular weight is 290 g/mol. The highest BCUT2D eigenvalue weighted by Gasteiger charge is 2.32. The van der Waals surface area contributed by atoms with E-state index >= 15 is 0 Å². The van der Waals surface area contributed by atoms with Gasteiger partial charge in [0.1, 0.15) is 5.82 Å². The van der Waals surface area contributed by atoms with Crippen LogP contribution in [0, 0.1) is 24.6 Å². The minimum Gasteiger partial charge on any atom is -0.324 e. The van der Waals surface area contributed by atoms with Crippen LogP contribution in [0.15, 0.2) is 18.2 Å². The van der Waals surface area contributed by atoms with Gasteiger partial charge in [-0.2, -0.15) is 0 Å². The number of carbonyl (C=O) groups is 1. The molecular weight excluding hydrogens is 267 g/mol. The number of anilines is 1. The van der Waals surface area contributed by atoms with Crippen molar-refractivity contribution in [3.05, 3.63) is 29.6 Å². The molecule has 2 aliphatic rings. The molecule has 4 heteroatoms.